The molecule has 2 N–H and O–H groups in total. The third-order valence-corrected chi connectivity index (χ3v) is 5.89. The van der Waals surface area contributed by atoms with Gasteiger partial charge in [0.1, 0.15) is 5.75 Å². The zero-order valence-corrected chi connectivity index (χ0v) is 19.1. The fourth-order valence-electron chi connectivity index (χ4n) is 4.07. The molecule has 0 radical (unpaired) electrons. The summed E-state index contributed by atoms with van der Waals surface area (Å²) in [6.45, 7) is 2.04. The average molecular weight is 460 g/mol. The van der Waals surface area contributed by atoms with Crippen LogP contribution in [-0.2, 0) is 11.3 Å². The van der Waals surface area contributed by atoms with E-state index in [9.17, 15) is 4.79 Å². The van der Waals surface area contributed by atoms with Crippen molar-refractivity contribution in [1.29, 1.82) is 0 Å². The topological polar surface area (TPSA) is 98.4 Å². The highest BCUT2D eigenvalue weighted by atomic mass is 16.5. The molecule has 9 heteroatoms. The molecule has 0 aliphatic carbocycles. The number of amides is 1. The summed E-state index contributed by atoms with van der Waals surface area (Å²) in [6, 6.07) is 12.1. The van der Waals surface area contributed by atoms with E-state index in [1.54, 1.807) is 12.4 Å². The summed E-state index contributed by atoms with van der Waals surface area (Å²) in [4.78, 5) is 16.5. The lowest BCUT2D eigenvalue weighted by Crippen LogP contribution is -2.24. The first-order valence-electron chi connectivity index (χ1n) is 11.9. The number of benzene rings is 1. The number of ether oxygens (including phenoxy) is 1. The molecule has 6 rings (SSSR count). The van der Waals surface area contributed by atoms with Gasteiger partial charge < -0.3 is 15.4 Å². The van der Waals surface area contributed by atoms with Crippen molar-refractivity contribution in [3.05, 3.63) is 55.0 Å². The van der Waals surface area contributed by atoms with Gasteiger partial charge in [0.05, 0.1) is 35.9 Å². The van der Waals surface area contributed by atoms with Crippen molar-refractivity contribution in [2.45, 2.75) is 45.1 Å². The Kier molecular flexibility index (Phi) is 6.69. The Morgan fingerprint density at radius 3 is 2.74 bits per heavy atom. The van der Waals surface area contributed by atoms with Crippen molar-refractivity contribution in [1.82, 2.24) is 29.7 Å². The number of hydrogen-bond donors (Lipinski definition) is 2. The van der Waals surface area contributed by atoms with Crippen molar-refractivity contribution >= 4 is 23.1 Å². The van der Waals surface area contributed by atoms with Crippen molar-refractivity contribution in [3.63, 3.8) is 0 Å². The highest BCUT2D eigenvalue weighted by Gasteiger charge is 2.09. The normalized spacial score (nSPS) is 15.9. The molecule has 176 valence electrons. The molecule has 6 bridgehead atoms. The second kappa shape index (κ2) is 10.4. The average Bonchev–Trinajstić information content (AvgIpc) is 3.48. The van der Waals surface area contributed by atoms with E-state index >= 15 is 0 Å². The molecule has 2 aliphatic rings. The maximum Gasteiger partial charge on any atom is 0.245 e. The summed E-state index contributed by atoms with van der Waals surface area (Å²) >= 11 is 0. The number of rotatable bonds is 0. The number of nitrogens with zero attached hydrogens (tertiary/aromatic N) is 5. The van der Waals surface area contributed by atoms with Gasteiger partial charge in [-0.3, -0.25) is 9.48 Å². The zero-order valence-electron chi connectivity index (χ0n) is 19.1. The SMILES string of the molecule is O=C1CCCCCCOc2ccc(cc2)-c2ccc3cnc(nn23)Nc2cnn(c2)CCCN1. The molecule has 1 amide bonds. The molecule has 5 heterocycles. The van der Waals surface area contributed by atoms with Crippen LogP contribution < -0.4 is 15.4 Å². The van der Waals surface area contributed by atoms with E-state index in [1.807, 2.05) is 51.8 Å². The summed E-state index contributed by atoms with van der Waals surface area (Å²) in [7, 11) is 0. The standard InChI is InChI=1S/C25H29N7O2/c33-24-6-3-1-2-4-15-34-22-10-7-19(8-11-22)23-12-9-21-17-27-25(30-32(21)23)29-20-16-28-31(18-20)14-5-13-26-24/h7-12,16-18H,1-6,13-15H2,(H,26,33)(H,29,30). The second-order valence-corrected chi connectivity index (χ2v) is 8.49. The van der Waals surface area contributed by atoms with Crippen molar-refractivity contribution in [2.24, 2.45) is 0 Å². The molecular formula is C25H29N7O2. The van der Waals surface area contributed by atoms with Crippen LogP contribution in [0.2, 0.25) is 0 Å². The predicted molar refractivity (Wildman–Crippen MR) is 130 cm³/mol. The Morgan fingerprint density at radius 2 is 1.82 bits per heavy atom. The van der Waals surface area contributed by atoms with Crippen molar-refractivity contribution in [3.8, 4) is 17.0 Å². The first-order chi connectivity index (χ1) is 16.7. The molecule has 0 saturated heterocycles. The minimum atomic E-state index is 0.116. The smallest absolute Gasteiger partial charge is 0.245 e. The lowest BCUT2D eigenvalue weighted by Gasteiger charge is -2.09. The number of carbonyl (C=O) groups excluding carboxylic acids is 1. The van der Waals surface area contributed by atoms with Crippen LogP contribution >= 0.6 is 0 Å². The predicted octanol–water partition coefficient (Wildman–Crippen LogP) is 4.19. The monoisotopic (exact) mass is 459 g/mol. The van der Waals surface area contributed by atoms with Crippen LogP contribution in [0.15, 0.2) is 55.0 Å². The first kappa shape index (κ1) is 21.9. The van der Waals surface area contributed by atoms with Gasteiger partial charge in [-0.1, -0.05) is 12.8 Å². The zero-order chi connectivity index (χ0) is 23.2. The third-order valence-electron chi connectivity index (χ3n) is 5.89. The van der Waals surface area contributed by atoms with E-state index in [4.69, 9.17) is 4.74 Å². The van der Waals surface area contributed by atoms with E-state index in [0.29, 0.717) is 25.5 Å². The van der Waals surface area contributed by atoms with E-state index < -0.39 is 0 Å². The number of nitrogens with one attached hydrogen (secondary N) is 2. The first-order valence-corrected chi connectivity index (χ1v) is 11.9. The molecule has 2 aliphatic heterocycles. The molecule has 0 spiro atoms. The second-order valence-electron chi connectivity index (χ2n) is 8.49. The largest absolute Gasteiger partial charge is 0.494 e. The Labute approximate surface area is 198 Å². The lowest BCUT2D eigenvalue weighted by atomic mass is 10.1. The van der Waals surface area contributed by atoms with E-state index in [1.165, 1.54) is 0 Å². The molecule has 4 aromatic rings. The number of anilines is 2. The summed E-state index contributed by atoms with van der Waals surface area (Å²) in [5.41, 5.74) is 3.77. The fourth-order valence-corrected chi connectivity index (χ4v) is 4.07. The van der Waals surface area contributed by atoms with Crippen LogP contribution in [0, 0.1) is 0 Å². The highest BCUT2D eigenvalue weighted by Crippen LogP contribution is 2.25. The highest BCUT2D eigenvalue weighted by molar-refractivity contribution is 5.75. The van der Waals surface area contributed by atoms with Crippen LogP contribution in [-0.4, -0.2) is 43.4 Å². The molecule has 0 unspecified atom stereocenters. The molecule has 1 aromatic carbocycles. The van der Waals surface area contributed by atoms with Gasteiger partial charge in [-0.15, -0.1) is 5.10 Å². The van der Waals surface area contributed by atoms with Crippen LogP contribution in [0.1, 0.15) is 38.5 Å². The van der Waals surface area contributed by atoms with E-state index in [-0.39, 0.29) is 5.91 Å². The molecule has 34 heavy (non-hydrogen) atoms. The third kappa shape index (κ3) is 5.36. The van der Waals surface area contributed by atoms with Gasteiger partial charge in [-0.05, 0) is 55.7 Å². The maximum atomic E-state index is 12.0. The minimum absolute atomic E-state index is 0.116. The Morgan fingerprint density at radius 1 is 0.941 bits per heavy atom. The maximum absolute atomic E-state index is 12.0. The quantitative estimate of drug-likeness (QED) is 0.409. The van der Waals surface area contributed by atoms with Crippen LogP contribution in [0.5, 0.6) is 5.75 Å². The molecule has 0 atom stereocenters. The molecular weight excluding hydrogens is 430 g/mol. The van der Waals surface area contributed by atoms with Gasteiger partial charge in [0.15, 0.2) is 0 Å². The minimum Gasteiger partial charge on any atom is -0.494 e. The van der Waals surface area contributed by atoms with Crippen LogP contribution in [0.25, 0.3) is 16.8 Å². The van der Waals surface area contributed by atoms with Gasteiger partial charge in [0.25, 0.3) is 0 Å². The van der Waals surface area contributed by atoms with Gasteiger partial charge >= 0.3 is 0 Å². The Hall–Kier alpha value is -3.88. The number of carbonyl (C=O) groups is 1. The van der Waals surface area contributed by atoms with Gasteiger partial charge in [0, 0.05) is 31.3 Å². The fraction of sp³-hybridized carbons (Fsp3) is 0.360. The van der Waals surface area contributed by atoms with Crippen molar-refractivity contribution < 1.29 is 9.53 Å². The molecule has 3 aromatic heterocycles. The summed E-state index contributed by atoms with van der Waals surface area (Å²) < 4.78 is 9.64. The summed E-state index contributed by atoms with van der Waals surface area (Å²) in [5, 5.41) is 15.3. The number of fused-ring (bicyclic) bond motifs is 13. The lowest BCUT2D eigenvalue weighted by molar-refractivity contribution is -0.121. The van der Waals surface area contributed by atoms with E-state index in [0.717, 1.165) is 66.9 Å². The van der Waals surface area contributed by atoms with Gasteiger partial charge in [0.2, 0.25) is 11.9 Å². The number of aryl methyl sites for hydroxylation is 1. The van der Waals surface area contributed by atoms with Gasteiger partial charge in [-0.2, -0.15) is 5.10 Å². The Balaban J connectivity index is 1.36. The van der Waals surface area contributed by atoms with Gasteiger partial charge in [-0.25, -0.2) is 9.50 Å². The Bertz CT molecular complexity index is 1250. The van der Waals surface area contributed by atoms with Crippen LogP contribution in [0.3, 0.4) is 0 Å². The van der Waals surface area contributed by atoms with Crippen molar-refractivity contribution in [2.75, 3.05) is 18.5 Å². The molecule has 0 saturated carbocycles. The summed E-state index contributed by atoms with van der Waals surface area (Å²) in [6.07, 6.45) is 10.8. The number of aromatic nitrogens is 5. The summed E-state index contributed by atoms with van der Waals surface area (Å²) in [5.74, 6) is 1.46. The number of hydrogen-bond acceptors (Lipinski definition) is 6. The molecule has 0 fully saturated rings. The molecule has 9 nitrogen and oxygen atoms in total. The van der Waals surface area contributed by atoms with E-state index in [2.05, 4.69) is 25.8 Å². The van der Waals surface area contributed by atoms with Crippen LogP contribution in [0.4, 0.5) is 11.6 Å².